The zero-order valence-corrected chi connectivity index (χ0v) is 7.13. The fourth-order valence-electron chi connectivity index (χ4n) is 0.555. The molecule has 5 heteroatoms. The molecule has 0 aromatic carbocycles. The highest BCUT2D eigenvalue weighted by atomic mass is 32.2. The Balaban J connectivity index is 3.38. The van der Waals surface area contributed by atoms with Gasteiger partial charge in [-0.2, -0.15) is 13.2 Å². The highest BCUT2D eigenvalue weighted by Crippen LogP contribution is 2.24. The number of thioether (sulfide) groups is 1. The van der Waals surface area contributed by atoms with Gasteiger partial charge in [-0.3, -0.25) is 0 Å². The van der Waals surface area contributed by atoms with Gasteiger partial charge in [0.1, 0.15) is 0 Å². The van der Waals surface area contributed by atoms with E-state index in [9.17, 15) is 13.2 Å². The summed E-state index contributed by atoms with van der Waals surface area (Å²) in [5.41, 5.74) is 5.17. The monoisotopic (exact) mass is 187 g/mol. The van der Waals surface area contributed by atoms with E-state index in [1.807, 2.05) is 0 Å². The number of rotatable bonds is 4. The van der Waals surface area contributed by atoms with Crippen molar-refractivity contribution in [2.45, 2.75) is 24.8 Å². The predicted octanol–water partition coefficient (Wildman–Crippen LogP) is 2.02. The van der Waals surface area contributed by atoms with E-state index >= 15 is 0 Å². The Labute approximate surface area is 68.5 Å². The van der Waals surface area contributed by atoms with Gasteiger partial charge in [0.15, 0.2) is 0 Å². The summed E-state index contributed by atoms with van der Waals surface area (Å²) in [6, 6.07) is 0. The zero-order valence-electron chi connectivity index (χ0n) is 6.32. The minimum atomic E-state index is -4.05. The van der Waals surface area contributed by atoms with Crippen molar-refractivity contribution in [3.8, 4) is 0 Å². The van der Waals surface area contributed by atoms with Crippen molar-refractivity contribution >= 4 is 11.8 Å². The van der Waals surface area contributed by atoms with Crippen LogP contribution in [-0.2, 0) is 0 Å². The number of halogens is 3. The van der Waals surface area contributed by atoms with Gasteiger partial charge in [-0.15, -0.1) is 11.8 Å². The third kappa shape index (κ3) is 8.00. The number of hydrogen-bond acceptors (Lipinski definition) is 2. The van der Waals surface area contributed by atoms with Crippen molar-refractivity contribution in [1.29, 1.82) is 0 Å². The van der Waals surface area contributed by atoms with E-state index in [1.165, 1.54) is 0 Å². The summed E-state index contributed by atoms with van der Waals surface area (Å²) in [6.07, 6.45) is -3.41. The number of hydrogen-bond donors (Lipinski definition) is 1. The van der Waals surface area contributed by atoms with Crippen LogP contribution in [0.2, 0.25) is 0 Å². The molecular weight excluding hydrogens is 175 g/mol. The molecule has 0 radical (unpaired) electrons. The molecule has 0 spiro atoms. The molecule has 0 aliphatic heterocycles. The van der Waals surface area contributed by atoms with Crippen LogP contribution in [0.4, 0.5) is 13.2 Å². The van der Waals surface area contributed by atoms with Gasteiger partial charge < -0.3 is 5.73 Å². The van der Waals surface area contributed by atoms with E-state index in [4.69, 9.17) is 5.73 Å². The number of alkyl halides is 3. The normalized spacial score (nSPS) is 15.0. The molecular formula is C6H12F3NS. The molecule has 0 bridgehead atoms. The van der Waals surface area contributed by atoms with Crippen LogP contribution in [0.25, 0.3) is 0 Å². The summed E-state index contributed by atoms with van der Waals surface area (Å²) in [5.74, 6) is -0.770. The molecule has 0 aromatic heterocycles. The van der Waals surface area contributed by atoms with Gasteiger partial charge in [0.25, 0.3) is 0 Å². The Bertz CT molecular complexity index is 104. The second kappa shape index (κ2) is 4.87. The Hall–Kier alpha value is 0.100. The predicted molar refractivity (Wildman–Crippen MR) is 41.6 cm³/mol. The zero-order chi connectivity index (χ0) is 8.91. The van der Waals surface area contributed by atoms with E-state index < -0.39 is 11.9 Å². The van der Waals surface area contributed by atoms with Crippen LogP contribution in [0, 0.1) is 0 Å². The first-order valence-electron chi connectivity index (χ1n) is 3.34. The van der Waals surface area contributed by atoms with Crippen LogP contribution in [-0.4, -0.2) is 23.7 Å². The fraction of sp³-hybridized carbons (Fsp3) is 1.00. The largest absolute Gasteiger partial charge is 0.397 e. The molecule has 0 fully saturated rings. The molecule has 1 unspecified atom stereocenters. The third-order valence-corrected chi connectivity index (χ3v) is 2.40. The molecule has 0 aliphatic rings. The molecule has 1 nitrogen and oxygen atoms in total. The Morgan fingerprint density at radius 3 is 2.36 bits per heavy atom. The first-order valence-corrected chi connectivity index (χ1v) is 4.39. The third-order valence-electron chi connectivity index (χ3n) is 1.10. The first kappa shape index (κ1) is 11.1. The van der Waals surface area contributed by atoms with Crippen molar-refractivity contribution in [3.05, 3.63) is 0 Å². The smallest absolute Gasteiger partial charge is 0.330 e. The molecule has 0 saturated heterocycles. The van der Waals surface area contributed by atoms with E-state index in [0.29, 0.717) is 13.0 Å². The second-order valence-corrected chi connectivity index (χ2v) is 3.74. The fourth-order valence-corrected chi connectivity index (χ4v) is 1.33. The summed E-state index contributed by atoms with van der Waals surface area (Å²) in [5, 5.41) is 0.00150. The average Bonchev–Trinajstić information content (AvgIpc) is 1.83. The van der Waals surface area contributed by atoms with Gasteiger partial charge in [0.05, 0.1) is 5.75 Å². The van der Waals surface area contributed by atoms with E-state index in [2.05, 4.69) is 0 Å². The van der Waals surface area contributed by atoms with Gasteiger partial charge in [-0.25, -0.2) is 0 Å². The maximum atomic E-state index is 11.6. The quantitative estimate of drug-likeness (QED) is 0.728. The molecule has 68 valence electrons. The van der Waals surface area contributed by atoms with Gasteiger partial charge in [-0.1, -0.05) is 6.92 Å². The Morgan fingerprint density at radius 2 is 2.00 bits per heavy atom. The lowest BCUT2D eigenvalue weighted by atomic mass is 10.3. The molecule has 1 atom stereocenters. The Morgan fingerprint density at radius 1 is 1.45 bits per heavy atom. The molecule has 0 aliphatic carbocycles. The van der Waals surface area contributed by atoms with Gasteiger partial charge in [0, 0.05) is 5.25 Å². The lowest BCUT2D eigenvalue weighted by Crippen LogP contribution is -2.15. The highest BCUT2D eigenvalue weighted by molar-refractivity contribution is 7.99. The van der Waals surface area contributed by atoms with Crippen LogP contribution >= 0.6 is 11.8 Å². The lowest BCUT2D eigenvalue weighted by molar-refractivity contribution is -0.105. The van der Waals surface area contributed by atoms with Gasteiger partial charge in [-0.05, 0) is 13.0 Å². The molecule has 0 heterocycles. The highest BCUT2D eigenvalue weighted by Gasteiger charge is 2.27. The van der Waals surface area contributed by atoms with Crippen molar-refractivity contribution in [3.63, 3.8) is 0 Å². The molecule has 0 amide bonds. The Kier molecular flexibility index (Phi) is 4.92. The van der Waals surface area contributed by atoms with Crippen molar-refractivity contribution in [2.75, 3.05) is 12.3 Å². The summed E-state index contributed by atoms with van der Waals surface area (Å²) in [7, 11) is 0. The first-order chi connectivity index (χ1) is 4.95. The summed E-state index contributed by atoms with van der Waals surface area (Å²) in [4.78, 5) is 0. The van der Waals surface area contributed by atoms with Crippen LogP contribution in [0.3, 0.4) is 0 Å². The maximum Gasteiger partial charge on any atom is 0.397 e. The lowest BCUT2D eigenvalue weighted by Gasteiger charge is -2.11. The summed E-state index contributed by atoms with van der Waals surface area (Å²) < 4.78 is 34.8. The van der Waals surface area contributed by atoms with E-state index in [1.54, 1.807) is 6.92 Å². The number of nitrogens with two attached hydrogens (primary N) is 1. The molecule has 0 aromatic rings. The van der Waals surface area contributed by atoms with E-state index in [0.717, 1.165) is 11.8 Å². The molecule has 2 N–H and O–H groups in total. The minimum Gasteiger partial charge on any atom is -0.330 e. The van der Waals surface area contributed by atoms with Gasteiger partial charge >= 0.3 is 6.18 Å². The van der Waals surface area contributed by atoms with Crippen LogP contribution in [0.1, 0.15) is 13.3 Å². The SMILES string of the molecule is CC(CCN)SCC(F)(F)F. The summed E-state index contributed by atoms with van der Waals surface area (Å²) >= 11 is 0.903. The van der Waals surface area contributed by atoms with E-state index in [-0.39, 0.29) is 5.25 Å². The standard InChI is InChI=1S/C6H12F3NS/c1-5(2-3-10)11-4-6(7,8)9/h5H,2-4,10H2,1H3. The van der Waals surface area contributed by atoms with Crippen molar-refractivity contribution in [2.24, 2.45) is 5.73 Å². The van der Waals surface area contributed by atoms with Crippen LogP contribution < -0.4 is 5.73 Å². The van der Waals surface area contributed by atoms with Crippen molar-refractivity contribution < 1.29 is 13.2 Å². The van der Waals surface area contributed by atoms with Crippen molar-refractivity contribution in [1.82, 2.24) is 0 Å². The topological polar surface area (TPSA) is 26.0 Å². The molecule has 0 saturated carbocycles. The molecule has 11 heavy (non-hydrogen) atoms. The maximum absolute atomic E-state index is 11.6. The summed E-state index contributed by atoms with van der Waals surface area (Å²) in [6.45, 7) is 2.20. The van der Waals surface area contributed by atoms with Crippen LogP contribution in [0.15, 0.2) is 0 Å². The second-order valence-electron chi connectivity index (χ2n) is 2.31. The van der Waals surface area contributed by atoms with Gasteiger partial charge in [0.2, 0.25) is 0 Å². The molecule has 0 rings (SSSR count). The minimum absolute atomic E-state index is 0.00150. The van der Waals surface area contributed by atoms with Crippen LogP contribution in [0.5, 0.6) is 0 Å². The average molecular weight is 187 g/mol.